The highest BCUT2D eigenvalue weighted by Gasteiger charge is 2.25. The summed E-state index contributed by atoms with van der Waals surface area (Å²) in [6.45, 7) is 13.0. The molecule has 0 bridgehead atoms. The van der Waals surface area contributed by atoms with Crippen molar-refractivity contribution in [3.8, 4) is 17.1 Å². The summed E-state index contributed by atoms with van der Waals surface area (Å²) in [7, 11) is 0. The van der Waals surface area contributed by atoms with Crippen molar-refractivity contribution in [1.29, 1.82) is 0 Å². The van der Waals surface area contributed by atoms with Crippen molar-refractivity contribution >= 4 is 17.2 Å². The van der Waals surface area contributed by atoms with Crippen LogP contribution in [0.15, 0.2) is 65.7 Å². The van der Waals surface area contributed by atoms with Crippen LogP contribution in [-0.4, -0.2) is 21.7 Å². The third-order valence-electron chi connectivity index (χ3n) is 5.93. The third kappa shape index (κ3) is 4.18. The first-order valence-electron chi connectivity index (χ1n) is 10.9. The standard InChI is InChI=1S/C28H30N2O2/c1-27(2,3)19-11-7-17(8-12-19)23-15-21(25(31)29-23)22-16-24(30-26(22)32)18-9-13-20(14-10-18)28(4,5)6/h7-16,29,31H,1-6H3. The van der Waals surface area contributed by atoms with Crippen LogP contribution in [0.5, 0.6) is 5.88 Å². The molecule has 1 aromatic heterocycles. The quantitative estimate of drug-likeness (QED) is 0.509. The molecule has 2 N–H and O–H groups in total. The minimum atomic E-state index is -0.344. The number of amides is 1. The van der Waals surface area contributed by atoms with Crippen LogP contribution in [0.25, 0.3) is 16.8 Å². The Morgan fingerprint density at radius 3 is 1.78 bits per heavy atom. The Bertz CT molecular complexity index is 1230. The molecular formula is C28H30N2O2. The highest BCUT2D eigenvalue weighted by atomic mass is 16.3. The van der Waals surface area contributed by atoms with Gasteiger partial charge in [0.2, 0.25) is 0 Å². The van der Waals surface area contributed by atoms with E-state index >= 15 is 0 Å². The Labute approximate surface area is 189 Å². The predicted octanol–water partition coefficient (Wildman–Crippen LogP) is 6.40. The number of benzene rings is 2. The van der Waals surface area contributed by atoms with Gasteiger partial charge in [-0.3, -0.25) is 4.79 Å². The molecule has 2 aromatic carbocycles. The van der Waals surface area contributed by atoms with Crippen LogP contribution in [0.2, 0.25) is 0 Å². The van der Waals surface area contributed by atoms with Gasteiger partial charge in [0.15, 0.2) is 5.88 Å². The molecular weight excluding hydrogens is 396 g/mol. The summed E-state index contributed by atoms with van der Waals surface area (Å²) in [5, 5.41) is 10.5. The number of nitrogens with zero attached hydrogens (tertiary/aromatic N) is 1. The van der Waals surface area contributed by atoms with Crippen LogP contribution in [-0.2, 0) is 15.6 Å². The van der Waals surface area contributed by atoms with E-state index < -0.39 is 0 Å². The molecule has 0 saturated heterocycles. The molecule has 0 unspecified atom stereocenters. The van der Waals surface area contributed by atoms with Crippen molar-refractivity contribution in [3.05, 3.63) is 82.9 Å². The maximum absolute atomic E-state index is 12.7. The largest absolute Gasteiger partial charge is 0.494 e. The van der Waals surface area contributed by atoms with E-state index in [-0.39, 0.29) is 22.6 Å². The number of nitrogens with one attached hydrogen (secondary N) is 1. The molecule has 4 rings (SSSR count). The fraction of sp³-hybridized carbons (Fsp3) is 0.286. The molecule has 0 atom stereocenters. The second-order valence-corrected chi connectivity index (χ2v) is 10.5. The van der Waals surface area contributed by atoms with Gasteiger partial charge in [-0.1, -0.05) is 90.1 Å². The van der Waals surface area contributed by atoms with Crippen molar-refractivity contribution in [2.45, 2.75) is 52.4 Å². The smallest absolute Gasteiger partial charge is 0.278 e. The van der Waals surface area contributed by atoms with Gasteiger partial charge in [0.05, 0.1) is 11.3 Å². The average molecular weight is 427 g/mol. The average Bonchev–Trinajstić information content (AvgIpc) is 3.29. The van der Waals surface area contributed by atoms with Gasteiger partial charge in [-0.15, -0.1) is 0 Å². The minimum Gasteiger partial charge on any atom is -0.494 e. The number of rotatable bonds is 3. The normalized spacial score (nSPS) is 14.5. The summed E-state index contributed by atoms with van der Waals surface area (Å²) in [4.78, 5) is 19.9. The van der Waals surface area contributed by atoms with Crippen molar-refractivity contribution in [1.82, 2.24) is 4.98 Å². The Morgan fingerprint density at radius 2 is 1.28 bits per heavy atom. The maximum atomic E-state index is 12.7. The molecule has 0 aliphatic carbocycles. The number of aromatic nitrogens is 1. The van der Waals surface area contributed by atoms with E-state index in [2.05, 4.69) is 75.8 Å². The van der Waals surface area contributed by atoms with Gasteiger partial charge in [-0.05, 0) is 39.7 Å². The fourth-order valence-corrected chi connectivity index (χ4v) is 3.84. The molecule has 3 aromatic rings. The van der Waals surface area contributed by atoms with Crippen molar-refractivity contribution in [3.63, 3.8) is 0 Å². The molecule has 164 valence electrons. The lowest BCUT2D eigenvalue weighted by atomic mass is 9.86. The summed E-state index contributed by atoms with van der Waals surface area (Å²) < 4.78 is 0. The number of allylic oxidation sites excluding steroid dienone is 1. The van der Waals surface area contributed by atoms with E-state index in [1.165, 1.54) is 11.1 Å². The first-order valence-corrected chi connectivity index (χ1v) is 10.9. The van der Waals surface area contributed by atoms with Crippen LogP contribution in [0.4, 0.5) is 0 Å². The lowest BCUT2D eigenvalue weighted by Crippen LogP contribution is -2.11. The Hall–Kier alpha value is -3.40. The van der Waals surface area contributed by atoms with E-state index in [1.54, 1.807) is 6.08 Å². The molecule has 1 aliphatic heterocycles. The van der Waals surface area contributed by atoms with Crippen molar-refractivity contribution in [2.75, 3.05) is 0 Å². The third-order valence-corrected chi connectivity index (χ3v) is 5.93. The van der Waals surface area contributed by atoms with Gasteiger partial charge in [0.25, 0.3) is 5.91 Å². The highest BCUT2D eigenvalue weighted by Crippen LogP contribution is 2.35. The molecule has 4 nitrogen and oxygen atoms in total. The van der Waals surface area contributed by atoms with Crippen LogP contribution in [0.1, 0.15) is 63.8 Å². The number of hydrogen-bond acceptors (Lipinski definition) is 2. The topological polar surface area (TPSA) is 65.5 Å². The van der Waals surface area contributed by atoms with Gasteiger partial charge in [-0.2, -0.15) is 0 Å². The summed E-state index contributed by atoms with van der Waals surface area (Å²) in [5.41, 5.74) is 6.66. The van der Waals surface area contributed by atoms with Crippen LogP contribution in [0, 0.1) is 0 Å². The molecule has 32 heavy (non-hydrogen) atoms. The summed E-state index contributed by atoms with van der Waals surface area (Å²) in [6, 6.07) is 18.2. The molecule has 4 heteroatoms. The number of aromatic hydroxyl groups is 1. The number of H-pyrrole nitrogens is 1. The van der Waals surface area contributed by atoms with Crippen LogP contribution < -0.4 is 0 Å². The number of aliphatic imine (C=N–C) groups is 1. The molecule has 0 fully saturated rings. The zero-order chi connectivity index (χ0) is 23.3. The molecule has 0 radical (unpaired) electrons. The van der Waals surface area contributed by atoms with E-state index in [4.69, 9.17) is 0 Å². The zero-order valence-corrected chi connectivity index (χ0v) is 19.6. The maximum Gasteiger partial charge on any atom is 0.278 e. The number of carbonyl (C=O) groups is 1. The van der Waals surface area contributed by atoms with Gasteiger partial charge in [0.1, 0.15) is 0 Å². The first-order chi connectivity index (χ1) is 14.9. The van der Waals surface area contributed by atoms with Gasteiger partial charge in [0, 0.05) is 16.8 Å². The second kappa shape index (κ2) is 7.63. The van der Waals surface area contributed by atoms with Gasteiger partial charge >= 0.3 is 0 Å². The Kier molecular flexibility index (Phi) is 5.20. The van der Waals surface area contributed by atoms with E-state index in [1.807, 2.05) is 30.3 Å². The molecule has 1 amide bonds. The predicted molar refractivity (Wildman–Crippen MR) is 131 cm³/mol. The minimum absolute atomic E-state index is 0.0287. The SMILES string of the molecule is CC(C)(C)c1ccc(C2=NC(=O)C(c3cc(-c4ccc(C(C)(C)C)cc4)[nH]c3O)=C2)cc1. The van der Waals surface area contributed by atoms with E-state index in [0.717, 1.165) is 16.8 Å². The molecule has 0 spiro atoms. The lowest BCUT2D eigenvalue weighted by Gasteiger charge is -2.19. The van der Waals surface area contributed by atoms with Gasteiger partial charge < -0.3 is 10.1 Å². The van der Waals surface area contributed by atoms with Gasteiger partial charge in [-0.25, -0.2) is 4.99 Å². The Morgan fingerprint density at radius 1 is 0.781 bits per heavy atom. The summed E-state index contributed by atoms with van der Waals surface area (Å²) >= 11 is 0. The monoisotopic (exact) mass is 426 g/mol. The number of hydrogen-bond donors (Lipinski definition) is 2. The first kappa shape index (κ1) is 21.8. The lowest BCUT2D eigenvalue weighted by molar-refractivity contribution is -0.112. The van der Waals surface area contributed by atoms with E-state index in [9.17, 15) is 9.90 Å². The number of carbonyl (C=O) groups excluding carboxylic acids is 1. The molecule has 1 aliphatic rings. The fourth-order valence-electron chi connectivity index (χ4n) is 3.84. The van der Waals surface area contributed by atoms with Crippen molar-refractivity contribution < 1.29 is 9.90 Å². The Balaban J connectivity index is 1.62. The summed E-state index contributed by atoms with van der Waals surface area (Å²) in [6.07, 6.45) is 1.75. The zero-order valence-electron chi connectivity index (χ0n) is 19.6. The highest BCUT2D eigenvalue weighted by molar-refractivity contribution is 6.36. The number of aromatic amines is 1. The van der Waals surface area contributed by atoms with Crippen molar-refractivity contribution in [2.24, 2.45) is 4.99 Å². The molecule has 2 heterocycles. The van der Waals surface area contributed by atoms with E-state index in [0.29, 0.717) is 16.8 Å². The second-order valence-electron chi connectivity index (χ2n) is 10.5. The molecule has 0 saturated carbocycles. The van der Waals surface area contributed by atoms with Crippen LogP contribution in [0.3, 0.4) is 0 Å². The summed E-state index contributed by atoms with van der Waals surface area (Å²) in [5.74, 6) is -0.372. The van der Waals surface area contributed by atoms with Crippen LogP contribution >= 0.6 is 0 Å².